The molecule has 2 aromatic carbocycles. The van der Waals surface area contributed by atoms with Crippen LogP contribution in [-0.4, -0.2) is 105 Å². The second-order valence-corrected chi connectivity index (χ2v) is 10.8. The number of aromatic hydroxyl groups is 3. The Bertz CT molecular complexity index is 1400. The van der Waals surface area contributed by atoms with E-state index in [1.54, 1.807) is 31.2 Å². The van der Waals surface area contributed by atoms with E-state index < -0.39 is 61.5 Å². The highest BCUT2D eigenvalue weighted by atomic mass is 16.8. The van der Waals surface area contributed by atoms with E-state index >= 15 is 0 Å². The molecule has 1 fully saturated rings. The summed E-state index contributed by atoms with van der Waals surface area (Å²) in [6.07, 6.45) is -6.31. The summed E-state index contributed by atoms with van der Waals surface area (Å²) in [6.45, 7) is 0.841. The lowest BCUT2D eigenvalue weighted by Gasteiger charge is -2.42. The lowest BCUT2D eigenvalue weighted by molar-refractivity contribution is -0.327. The summed E-state index contributed by atoms with van der Waals surface area (Å²) in [6, 6.07) is 10.6. The molecule has 7 atom stereocenters. The zero-order valence-corrected chi connectivity index (χ0v) is 25.0. The minimum atomic E-state index is -1.72. The van der Waals surface area contributed by atoms with Gasteiger partial charge in [-0.05, 0) is 42.3 Å². The molecular formula is C32H38O14. The van der Waals surface area contributed by atoms with Crippen LogP contribution in [0.15, 0.2) is 65.9 Å². The smallest absolute Gasteiger partial charge is 0.337 e. The zero-order valence-electron chi connectivity index (χ0n) is 25.0. The van der Waals surface area contributed by atoms with Gasteiger partial charge in [0.1, 0.15) is 30.2 Å². The van der Waals surface area contributed by atoms with Crippen molar-refractivity contribution in [3.05, 3.63) is 77.1 Å². The fourth-order valence-electron chi connectivity index (χ4n) is 5.05. The van der Waals surface area contributed by atoms with Gasteiger partial charge in [0, 0.05) is 24.3 Å². The fraction of sp³-hybridized carbons (Fsp3) is 0.438. The van der Waals surface area contributed by atoms with E-state index in [2.05, 4.69) is 0 Å². The molecule has 2 aliphatic rings. The standard InChI is InChI=1S/C32H38O14/c1-2-20-21(14-26(37)42-11-10-18-5-8-23(35)24(36)13-18)22(30(41)43-12-9-17-3-6-19(34)7-4-17)16-44-31(20)46-32-29(40)28(39)27(38)25(15-33)45-32/h2-8,13,16,21,25,27-29,31-36,38-40H,9-12,14-15H2,1H3/b20-2+/t21-,25+,27+,28-,29+,31-,32-/m0/s1. The lowest BCUT2D eigenvalue weighted by Crippen LogP contribution is -2.60. The number of phenolic OH excluding ortho intramolecular Hbond substituents is 3. The molecule has 2 aliphatic heterocycles. The van der Waals surface area contributed by atoms with Crippen molar-refractivity contribution >= 4 is 11.9 Å². The topological polar surface area (TPSA) is 222 Å². The quantitative estimate of drug-likeness (QED) is 0.0958. The van der Waals surface area contributed by atoms with Crippen molar-refractivity contribution < 1.29 is 69.0 Å². The van der Waals surface area contributed by atoms with Gasteiger partial charge >= 0.3 is 11.9 Å². The Morgan fingerprint density at radius 1 is 0.870 bits per heavy atom. The number of carbonyl (C=O) groups is 2. The van der Waals surface area contributed by atoms with Crippen LogP contribution in [-0.2, 0) is 46.1 Å². The largest absolute Gasteiger partial charge is 0.508 e. The molecule has 0 aliphatic carbocycles. The predicted octanol–water partition coefficient (Wildman–Crippen LogP) is 0.684. The number of benzene rings is 2. The maximum atomic E-state index is 13.2. The van der Waals surface area contributed by atoms with Crippen molar-refractivity contribution in [3.8, 4) is 17.2 Å². The van der Waals surface area contributed by atoms with E-state index in [1.807, 2.05) is 0 Å². The van der Waals surface area contributed by atoms with Crippen molar-refractivity contribution in [2.45, 2.75) is 63.2 Å². The summed E-state index contributed by atoms with van der Waals surface area (Å²) in [5.41, 5.74) is 1.66. The van der Waals surface area contributed by atoms with E-state index in [0.717, 1.165) is 11.8 Å². The summed E-state index contributed by atoms with van der Waals surface area (Å²) in [5, 5.41) is 69.0. The van der Waals surface area contributed by atoms with E-state index in [9.17, 15) is 45.3 Å². The fourth-order valence-corrected chi connectivity index (χ4v) is 5.05. The molecule has 250 valence electrons. The average molecular weight is 647 g/mol. The van der Waals surface area contributed by atoms with Gasteiger partial charge in [0.05, 0.1) is 38.1 Å². The minimum Gasteiger partial charge on any atom is -0.508 e. The number of rotatable bonds is 12. The number of esters is 2. The van der Waals surface area contributed by atoms with Crippen LogP contribution < -0.4 is 0 Å². The lowest BCUT2D eigenvalue weighted by atomic mass is 9.86. The Hall–Kier alpha value is -4.18. The molecule has 0 unspecified atom stereocenters. The van der Waals surface area contributed by atoms with Gasteiger partial charge < -0.3 is 59.4 Å². The summed E-state index contributed by atoms with van der Waals surface area (Å²) in [7, 11) is 0. The Kier molecular flexibility index (Phi) is 12.0. The maximum absolute atomic E-state index is 13.2. The van der Waals surface area contributed by atoms with Gasteiger partial charge in [-0.15, -0.1) is 0 Å². The molecule has 14 heteroatoms. The number of allylic oxidation sites excluding steroid dienone is 1. The number of ether oxygens (including phenoxy) is 5. The SMILES string of the molecule is C/C=C1/[C@H](O[C@@H]2O[C@H](CO)[C@@H](O)[C@H](O)[C@H]2O)OC=C(C(=O)OCCc2ccc(O)cc2)[C@H]1CC(=O)OCCc1ccc(O)c(O)c1. The van der Waals surface area contributed by atoms with Crippen LogP contribution in [0.3, 0.4) is 0 Å². The van der Waals surface area contributed by atoms with Crippen LogP contribution in [0, 0.1) is 5.92 Å². The predicted molar refractivity (Wildman–Crippen MR) is 157 cm³/mol. The van der Waals surface area contributed by atoms with Crippen molar-refractivity contribution in [2.75, 3.05) is 19.8 Å². The van der Waals surface area contributed by atoms with Gasteiger partial charge in [0.25, 0.3) is 0 Å². The number of carbonyl (C=O) groups excluding carboxylic acids is 2. The summed E-state index contributed by atoms with van der Waals surface area (Å²) in [4.78, 5) is 26.3. The third kappa shape index (κ3) is 8.54. The van der Waals surface area contributed by atoms with Crippen molar-refractivity contribution in [1.29, 1.82) is 0 Å². The third-order valence-electron chi connectivity index (χ3n) is 7.67. The summed E-state index contributed by atoms with van der Waals surface area (Å²) < 4.78 is 27.8. The first-order chi connectivity index (χ1) is 22.0. The zero-order chi connectivity index (χ0) is 33.4. The average Bonchev–Trinajstić information content (AvgIpc) is 3.04. The molecule has 46 heavy (non-hydrogen) atoms. The minimum absolute atomic E-state index is 0.0203. The van der Waals surface area contributed by atoms with Crippen LogP contribution >= 0.6 is 0 Å². The highest BCUT2D eigenvalue weighted by molar-refractivity contribution is 5.91. The Labute approximate surface area is 264 Å². The molecular weight excluding hydrogens is 608 g/mol. The van der Waals surface area contributed by atoms with Gasteiger partial charge in [-0.3, -0.25) is 4.79 Å². The molecule has 2 aromatic rings. The molecule has 14 nitrogen and oxygen atoms in total. The highest BCUT2D eigenvalue weighted by Crippen LogP contribution is 2.36. The van der Waals surface area contributed by atoms with Crippen molar-refractivity contribution in [3.63, 3.8) is 0 Å². The van der Waals surface area contributed by atoms with E-state index in [0.29, 0.717) is 12.0 Å². The van der Waals surface area contributed by atoms with Crippen LogP contribution in [0.5, 0.6) is 17.2 Å². The number of aliphatic hydroxyl groups excluding tert-OH is 4. The molecule has 0 spiro atoms. The number of aliphatic hydroxyl groups is 4. The molecule has 2 heterocycles. The second-order valence-electron chi connectivity index (χ2n) is 10.8. The first-order valence-electron chi connectivity index (χ1n) is 14.6. The molecule has 0 saturated carbocycles. The molecule has 0 radical (unpaired) electrons. The Morgan fingerprint density at radius 3 is 2.22 bits per heavy atom. The van der Waals surface area contributed by atoms with Crippen molar-refractivity contribution in [1.82, 2.24) is 0 Å². The van der Waals surface area contributed by atoms with Crippen LogP contribution in [0.25, 0.3) is 0 Å². The highest BCUT2D eigenvalue weighted by Gasteiger charge is 2.47. The van der Waals surface area contributed by atoms with Gasteiger partial charge in [-0.25, -0.2) is 4.79 Å². The van der Waals surface area contributed by atoms with Gasteiger partial charge in [0.2, 0.25) is 6.29 Å². The van der Waals surface area contributed by atoms with E-state index in [-0.39, 0.29) is 54.5 Å². The van der Waals surface area contributed by atoms with Crippen LogP contribution in [0.4, 0.5) is 0 Å². The second kappa shape index (κ2) is 15.9. The molecule has 7 N–H and O–H groups in total. The Morgan fingerprint density at radius 2 is 1.54 bits per heavy atom. The molecule has 0 amide bonds. The van der Waals surface area contributed by atoms with E-state index in [1.165, 1.54) is 24.3 Å². The van der Waals surface area contributed by atoms with Gasteiger partial charge in [0.15, 0.2) is 17.8 Å². The number of hydrogen-bond donors (Lipinski definition) is 7. The molecule has 1 saturated heterocycles. The van der Waals surface area contributed by atoms with E-state index in [4.69, 9.17) is 23.7 Å². The monoisotopic (exact) mass is 646 g/mol. The number of phenols is 3. The maximum Gasteiger partial charge on any atom is 0.337 e. The Balaban J connectivity index is 1.47. The van der Waals surface area contributed by atoms with Crippen LogP contribution in [0.2, 0.25) is 0 Å². The van der Waals surface area contributed by atoms with Crippen molar-refractivity contribution in [2.24, 2.45) is 5.92 Å². The van der Waals surface area contributed by atoms with Gasteiger partial charge in [-0.1, -0.05) is 24.3 Å². The van der Waals surface area contributed by atoms with Crippen LogP contribution in [0.1, 0.15) is 24.5 Å². The normalized spacial score (nSPS) is 27.0. The summed E-state index contributed by atoms with van der Waals surface area (Å²) >= 11 is 0. The first kappa shape index (κ1) is 34.7. The molecule has 0 bridgehead atoms. The summed E-state index contributed by atoms with van der Waals surface area (Å²) in [5.74, 6) is -2.94. The third-order valence-corrected chi connectivity index (χ3v) is 7.67. The molecule has 0 aromatic heterocycles. The molecule has 4 rings (SSSR count). The number of hydrogen-bond acceptors (Lipinski definition) is 14. The first-order valence-corrected chi connectivity index (χ1v) is 14.6. The van der Waals surface area contributed by atoms with Gasteiger partial charge in [-0.2, -0.15) is 0 Å².